The lowest BCUT2D eigenvalue weighted by atomic mass is 9.89. The number of carbonyl (C=O) groups is 1. The van der Waals surface area contributed by atoms with Crippen molar-refractivity contribution in [1.29, 1.82) is 0 Å². The van der Waals surface area contributed by atoms with E-state index in [1.54, 1.807) is 0 Å². The Kier molecular flexibility index (Phi) is 3.72. The maximum atomic E-state index is 13.2. The molecule has 0 amide bonds. The maximum absolute atomic E-state index is 13.2. The largest absolute Gasteiger partial charge is 0.309 e. The van der Waals surface area contributed by atoms with Crippen molar-refractivity contribution in [1.82, 2.24) is 5.43 Å². The zero-order valence-corrected chi connectivity index (χ0v) is 14.7. The molecule has 1 aliphatic heterocycles. The van der Waals surface area contributed by atoms with Crippen LogP contribution in [0.15, 0.2) is 90.0 Å². The van der Waals surface area contributed by atoms with Crippen LogP contribution in [0.5, 0.6) is 0 Å². The van der Waals surface area contributed by atoms with Crippen LogP contribution in [-0.2, 0) is 0 Å². The van der Waals surface area contributed by atoms with E-state index in [4.69, 9.17) is 0 Å². The third-order valence-electron chi connectivity index (χ3n) is 5.27. The lowest BCUT2D eigenvalue weighted by Crippen LogP contribution is -2.21. The molecule has 4 aromatic carbocycles. The second-order valence-electron chi connectivity index (χ2n) is 6.87. The van der Waals surface area contributed by atoms with E-state index in [9.17, 15) is 4.79 Å². The molecule has 5 rings (SSSR count). The number of hydrogen-bond acceptors (Lipinski definition) is 3. The third kappa shape index (κ3) is 2.68. The Bertz CT molecular complexity index is 1190. The standard InChI is InChI=1S/C24H18N2O/c27-24(23-22(15-25-26-23)16-6-2-1-3-7-16)19-12-13-21-18(14-19)11-10-17-8-4-5-9-20(17)21/h1-14,22,25H,15H2/t22-/m0/s1. The summed E-state index contributed by atoms with van der Waals surface area (Å²) in [5, 5.41) is 8.96. The highest BCUT2D eigenvalue weighted by molar-refractivity contribution is 6.48. The number of benzene rings is 4. The molecule has 0 fully saturated rings. The van der Waals surface area contributed by atoms with Gasteiger partial charge >= 0.3 is 0 Å². The van der Waals surface area contributed by atoms with Crippen molar-refractivity contribution in [3.8, 4) is 0 Å². The van der Waals surface area contributed by atoms with Crippen LogP contribution >= 0.6 is 0 Å². The monoisotopic (exact) mass is 350 g/mol. The van der Waals surface area contributed by atoms with Crippen molar-refractivity contribution < 1.29 is 4.79 Å². The highest BCUT2D eigenvalue weighted by Gasteiger charge is 2.29. The molecule has 0 saturated carbocycles. The van der Waals surface area contributed by atoms with Crippen molar-refractivity contribution in [3.05, 3.63) is 96.1 Å². The summed E-state index contributed by atoms with van der Waals surface area (Å²) in [6.07, 6.45) is 0. The van der Waals surface area contributed by atoms with Crippen molar-refractivity contribution in [3.63, 3.8) is 0 Å². The SMILES string of the molecule is O=C(C1=NNC[C@H]1c1ccccc1)c1ccc2c(ccc3ccccc32)c1. The molecule has 3 heteroatoms. The van der Waals surface area contributed by atoms with E-state index in [1.807, 2.05) is 60.7 Å². The summed E-state index contributed by atoms with van der Waals surface area (Å²) in [4.78, 5) is 13.2. The van der Waals surface area contributed by atoms with Crippen LogP contribution in [0.2, 0.25) is 0 Å². The smallest absolute Gasteiger partial charge is 0.209 e. The van der Waals surface area contributed by atoms with Crippen LogP contribution < -0.4 is 5.43 Å². The molecule has 1 atom stereocenters. The number of carbonyl (C=O) groups excluding carboxylic acids is 1. The summed E-state index contributed by atoms with van der Waals surface area (Å²) < 4.78 is 0. The van der Waals surface area contributed by atoms with Crippen molar-refractivity contribution in [2.75, 3.05) is 6.54 Å². The van der Waals surface area contributed by atoms with Crippen LogP contribution in [0, 0.1) is 0 Å². The Hall–Kier alpha value is -3.46. The summed E-state index contributed by atoms with van der Waals surface area (Å²) in [6.45, 7) is 0.656. The van der Waals surface area contributed by atoms with Gasteiger partial charge in [0.2, 0.25) is 5.78 Å². The average Bonchev–Trinajstić information content (AvgIpc) is 3.23. The van der Waals surface area contributed by atoms with Gasteiger partial charge in [-0.3, -0.25) is 4.79 Å². The average molecular weight is 350 g/mol. The van der Waals surface area contributed by atoms with Crippen LogP contribution in [0.1, 0.15) is 21.8 Å². The molecule has 1 heterocycles. The zero-order valence-electron chi connectivity index (χ0n) is 14.7. The van der Waals surface area contributed by atoms with Crippen molar-refractivity contribution in [2.24, 2.45) is 5.10 Å². The number of rotatable bonds is 3. The number of ketones is 1. The van der Waals surface area contributed by atoms with Crippen LogP contribution in [0.4, 0.5) is 0 Å². The van der Waals surface area contributed by atoms with E-state index in [0.29, 0.717) is 17.8 Å². The second kappa shape index (κ2) is 6.36. The molecule has 0 bridgehead atoms. The molecule has 130 valence electrons. The van der Waals surface area contributed by atoms with Crippen LogP contribution in [-0.4, -0.2) is 18.0 Å². The molecule has 4 aromatic rings. The van der Waals surface area contributed by atoms with Gasteiger partial charge in [0.05, 0.1) is 5.92 Å². The number of hydrogen-bond donors (Lipinski definition) is 1. The molecule has 3 nitrogen and oxygen atoms in total. The summed E-state index contributed by atoms with van der Waals surface area (Å²) in [6, 6.07) is 28.5. The first kappa shape index (κ1) is 15.8. The van der Waals surface area contributed by atoms with Gasteiger partial charge in [-0.05, 0) is 33.2 Å². The van der Waals surface area contributed by atoms with Gasteiger partial charge in [-0.25, -0.2) is 0 Å². The molecule has 0 aliphatic carbocycles. The summed E-state index contributed by atoms with van der Waals surface area (Å²) in [5.41, 5.74) is 5.38. The molecule has 1 N–H and O–H groups in total. The van der Waals surface area contributed by atoms with Gasteiger partial charge < -0.3 is 5.43 Å². The summed E-state index contributed by atoms with van der Waals surface area (Å²) >= 11 is 0. The van der Waals surface area contributed by atoms with Gasteiger partial charge in [-0.2, -0.15) is 5.10 Å². The summed E-state index contributed by atoms with van der Waals surface area (Å²) in [5.74, 6) is -0.0186. The molecule has 1 aliphatic rings. The Morgan fingerprint density at radius 3 is 2.44 bits per heavy atom. The van der Waals surface area contributed by atoms with Gasteiger partial charge in [0.1, 0.15) is 5.71 Å². The van der Waals surface area contributed by atoms with Crippen molar-refractivity contribution >= 4 is 33.0 Å². The zero-order chi connectivity index (χ0) is 18.2. The fraction of sp³-hybridized carbons (Fsp3) is 0.0833. The Labute approximate surface area is 157 Å². The van der Waals surface area contributed by atoms with E-state index in [2.05, 4.69) is 34.8 Å². The third-order valence-corrected chi connectivity index (χ3v) is 5.27. The minimum Gasteiger partial charge on any atom is -0.309 e. The molecule has 0 saturated heterocycles. The van der Waals surface area contributed by atoms with Gasteiger partial charge in [0.15, 0.2) is 0 Å². The molecular formula is C24H18N2O. The minimum absolute atomic E-state index is 0.00833. The quantitative estimate of drug-likeness (QED) is 0.421. The summed E-state index contributed by atoms with van der Waals surface area (Å²) in [7, 11) is 0. The van der Waals surface area contributed by atoms with Crippen LogP contribution in [0.25, 0.3) is 21.5 Å². The number of fused-ring (bicyclic) bond motifs is 3. The number of Topliss-reactive ketones (excluding diaryl/α,β-unsaturated/α-hetero) is 1. The van der Waals surface area contributed by atoms with Gasteiger partial charge in [-0.1, -0.05) is 78.9 Å². The fourth-order valence-corrected chi connectivity index (χ4v) is 3.87. The van der Waals surface area contributed by atoms with E-state index in [1.165, 1.54) is 10.8 Å². The van der Waals surface area contributed by atoms with E-state index in [0.717, 1.165) is 16.3 Å². The number of hydrazone groups is 1. The van der Waals surface area contributed by atoms with Crippen LogP contribution in [0.3, 0.4) is 0 Å². The molecule has 27 heavy (non-hydrogen) atoms. The number of nitrogens with one attached hydrogen (secondary N) is 1. The predicted molar refractivity (Wildman–Crippen MR) is 110 cm³/mol. The highest BCUT2D eigenvalue weighted by Crippen LogP contribution is 2.28. The van der Waals surface area contributed by atoms with Gasteiger partial charge in [0.25, 0.3) is 0 Å². The highest BCUT2D eigenvalue weighted by atomic mass is 16.1. The Morgan fingerprint density at radius 2 is 1.56 bits per heavy atom. The van der Waals surface area contributed by atoms with E-state index >= 15 is 0 Å². The minimum atomic E-state index is -0.0103. The Morgan fingerprint density at radius 1 is 0.815 bits per heavy atom. The number of nitrogens with zero attached hydrogens (tertiary/aromatic N) is 1. The normalized spacial score (nSPS) is 16.3. The van der Waals surface area contributed by atoms with E-state index < -0.39 is 0 Å². The maximum Gasteiger partial charge on any atom is 0.209 e. The van der Waals surface area contributed by atoms with Crippen molar-refractivity contribution in [2.45, 2.75) is 5.92 Å². The molecular weight excluding hydrogens is 332 g/mol. The molecule has 0 unspecified atom stereocenters. The van der Waals surface area contributed by atoms with Gasteiger partial charge in [0, 0.05) is 12.1 Å². The second-order valence-corrected chi connectivity index (χ2v) is 6.87. The first-order valence-electron chi connectivity index (χ1n) is 9.13. The Balaban J connectivity index is 1.55. The molecule has 0 spiro atoms. The molecule has 0 aromatic heterocycles. The fourth-order valence-electron chi connectivity index (χ4n) is 3.87. The predicted octanol–water partition coefficient (Wildman–Crippen LogP) is 4.92. The van der Waals surface area contributed by atoms with Gasteiger partial charge in [-0.15, -0.1) is 0 Å². The van der Waals surface area contributed by atoms with E-state index in [-0.39, 0.29) is 11.7 Å². The first-order chi connectivity index (χ1) is 13.3. The topological polar surface area (TPSA) is 41.5 Å². The lowest BCUT2D eigenvalue weighted by molar-refractivity contribution is 0.106. The molecule has 0 radical (unpaired) electrons. The lowest BCUT2D eigenvalue weighted by Gasteiger charge is -2.12. The first-order valence-corrected chi connectivity index (χ1v) is 9.13.